The Hall–Kier alpha value is -1.84. The molecule has 0 heterocycles. The van der Waals surface area contributed by atoms with E-state index in [9.17, 15) is 9.59 Å². The van der Waals surface area contributed by atoms with Crippen LogP contribution in [0.15, 0.2) is 24.3 Å². The van der Waals surface area contributed by atoms with Crippen molar-refractivity contribution in [2.45, 2.75) is 38.1 Å². The minimum absolute atomic E-state index is 0.287. The van der Waals surface area contributed by atoms with Crippen LogP contribution in [0.1, 0.15) is 42.5 Å². The van der Waals surface area contributed by atoms with E-state index in [0.29, 0.717) is 5.56 Å². The van der Waals surface area contributed by atoms with Gasteiger partial charge in [-0.15, -0.1) is 0 Å². The minimum Gasteiger partial charge on any atom is -0.465 e. The van der Waals surface area contributed by atoms with E-state index in [2.05, 4.69) is 4.74 Å². The highest BCUT2D eigenvalue weighted by molar-refractivity contribution is 5.90. The molecule has 0 bridgehead atoms. The zero-order chi connectivity index (χ0) is 13.7. The van der Waals surface area contributed by atoms with Crippen LogP contribution in [0.5, 0.6) is 0 Å². The quantitative estimate of drug-likeness (QED) is 0.618. The predicted octanol–water partition coefficient (Wildman–Crippen LogP) is 2.77. The van der Waals surface area contributed by atoms with Gasteiger partial charge in [0.15, 0.2) is 0 Å². The summed E-state index contributed by atoms with van der Waals surface area (Å²) in [6.07, 6.45) is 6.60. The fourth-order valence-electron chi connectivity index (χ4n) is 2.60. The van der Waals surface area contributed by atoms with Crippen LogP contribution in [0.4, 0.5) is 5.69 Å². The van der Waals surface area contributed by atoms with Crippen LogP contribution in [0.25, 0.3) is 0 Å². The summed E-state index contributed by atoms with van der Waals surface area (Å²) in [7, 11) is 1.36. The van der Waals surface area contributed by atoms with Crippen molar-refractivity contribution in [3.8, 4) is 0 Å². The zero-order valence-corrected chi connectivity index (χ0v) is 11.2. The number of ether oxygens (including phenoxy) is 1. The molecular weight excluding hydrogens is 242 g/mol. The highest BCUT2D eigenvalue weighted by Crippen LogP contribution is 2.26. The third-order valence-electron chi connectivity index (χ3n) is 3.67. The molecule has 4 nitrogen and oxygen atoms in total. The van der Waals surface area contributed by atoms with Gasteiger partial charge in [-0.25, -0.2) is 4.79 Å². The number of methoxy groups -OCH3 is 1. The van der Waals surface area contributed by atoms with Crippen molar-refractivity contribution < 1.29 is 14.3 Å². The molecule has 0 unspecified atom stereocenters. The van der Waals surface area contributed by atoms with Gasteiger partial charge in [-0.3, -0.25) is 4.79 Å². The molecule has 1 aliphatic rings. The molecule has 0 aromatic heterocycles. The number of anilines is 1. The first-order chi connectivity index (χ1) is 9.26. The van der Waals surface area contributed by atoms with Gasteiger partial charge in [0.25, 0.3) is 0 Å². The summed E-state index contributed by atoms with van der Waals surface area (Å²) >= 11 is 0. The summed E-state index contributed by atoms with van der Waals surface area (Å²) in [5, 5.41) is 0. The van der Waals surface area contributed by atoms with Crippen LogP contribution in [0.2, 0.25) is 0 Å². The molecule has 1 aromatic carbocycles. The Bertz CT molecular complexity index is 435. The first-order valence-electron chi connectivity index (χ1n) is 6.68. The van der Waals surface area contributed by atoms with Gasteiger partial charge in [0.1, 0.15) is 0 Å². The van der Waals surface area contributed by atoms with Gasteiger partial charge in [-0.2, -0.15) is 0 Å². The monoisotopic (exact) mass is 261 g/mol. The van der Waals surface area contributed by atoms with E-state index >= 15 is 0 Å². The first kappa shape index (κ1) is 13.6. The molecule has 1 amide bonds. The number of amides is 1. The third-order valence-corrected chi connectivity index (χ3v) is 3.67. The molecular formula is C15H19NO3. The molecule has 1 aliphatic carbocycles. The lowest BCUT2D eigenvalue weighted by atomic mass is 9.94. The molecule has 102 valence electrons. The average molecular weight is 261 g/mol. The predicted molar refractivity (Wildman–Crippen MR) is 73.2 cm³/mol. The fraction of sp³-hybridized carbons (Fsp3) is 0.467. The summed E-state index contributed by atoms with van der Waals surface area (Å²) < 4.78 is 4.66. The first-order valence-corrected chi connectivity index (χ1v) is 6.68. The van der Waals surface area contributed by atoms with Gasteiger partial charge in [-0.1, -0.05) is 19.3 Å². The van der Waals surface area contributed by atoms with E-state index in [4.69, 9.17) is 0 Å². The van der Waals surface area contributed by atoms with Crippen molar-refractivity contribution in [2.75, 3.05) is 12.0 Å². The maximum Gasteiger partial charge on any atom is 0.337 e. The largest absolute Gasteiger partial charge is 0.465 e. The lowest BCUT2D eigenvalue weighted by Gasteiger charge is -2.31. The molecule has 4 heteroatoms. The van der Waals surface area contributed by atoms with Crippen molar-refractivity contribution in [3.63, 3.8) is 0 Å². The Morgan fingerprint density at radius 2 is 1.84 bits per heavy atom. The number of carbonyl (C=O) groups excluding carboxylic acids is 2. The molecule has 1 fully saturated rings. The van der Waals surface area contributed by atoms with Crippen LogP contribution in [-0.4, -0.2) is 25.5 Å². The van der Waals surface area contributed by atoms with Gasteiger partial charge >= 0.3 is 5.97 Å². The van der Waals surface area contributed by atoms with Crippen molar-refractivity contribution in [1.82, 2.24) is 0 Å². The van der Waals surface area contributed by atoms with Gasteiger partial charge < -0.3 is 9.64 Å². The molecule has 0 aliphatic heterocycles. The van der Waals surface area contributed by atoms with E-state index in [1.807, 2.05) is 0 Å². The zero-order valence-electron chi connectivity index (χ0n) is 11.2. The Kier molecular flexibility index (Phi) is 4.55. The second-order valence-electron chi connectivity index (χ2n) is 4.84. The van der Waals surface area contributed by atoms with Gasteiger partial charge in [0, 0.05) is 11.7 Å². The number of esters is 1. The Morgan fingerprint density at radius 3 is 2.37 bits per heavy atom. The second-order valence-corrected chi connectivity index (χ2v) is 4.84. The maximum atomic E-state index is 11.4. The molecule has 0 radical (unpaired) electrons. The fourth-order valence-corrected chi connectivity index (χ4v) is 2.60. The van der Waals surface area contributed by atoms with E-state index < -0.39 is 0 Å². The number of hydrogen-bond acceptors (Lipinski definition) is 3. The minimum atomic E-state index is -0.359. The van der Waals surface area contributed by atoms with E-state index in [1.165, 1.54) is 26.4 Å². The maximum absolute atomic E-state index is 11.4. The standard InChI is InChI=1S/C15H19NO3/c1-19-15(18)12-7-9-14(10-8-12)16(11-17)13-5-3-2-4-6-13/h7-11,13H,2-6H2,1H3. The van der Waals surface area contributed by atoms with E-state index in [-0.39, 0.29) is 12.0 Å². The number of hydrogen-bond donors (Lipinski definition) is 0. The van der Waals surface area contributed by atoms with Crippen LogP contribution >= 0.6 is 0 Å². The lowest BCUT2D eigenvalue weighted by molar-refractivity contribution is -0.108. The van der Waals surface area contributed by atoms with E-state index in [1.54, 1.807) is 29.2 Å². The van der Waals surface area contributed by atoms with Gasteiger partial charge in [0.05, 0.1) is 12.7 Å². The number of nitrogens with zero attached hydrogens (tertiary/aromatic N) is 1. The van der Waals surface area contributed by atoms with Crippen molar-refractivity contribution in [1.29, 1.82) is 0 Å². The highest BCUT2D eigenvalue weighted by Gasteiger charge is 2.21. The summed E-state index contributed by atoms with van der Waals surface area (Å²) in [5.74, 6) is -0.359. The van der Waals surface area contributed by atoms with Crippen molar-refractivity contribution in [2.24, 2.45) is 0 Å². The summed E-state index contributed by atoms with van der Waals surface area (Å²) in [5.41, 5.74) is 1.34. The molecule has 0 spiro atoms. The van der Waals surface area contributed by atoms with Crippen LogP contribution in [0, 0.1) is 0 Å². The summed E-state index contributed by atoms with van der Waals surface area (Å²) in [6.45, 7) is 0. The summed E-state index contributed by atoms with van der Waals surface area (Å²) in [4.78, 5) is 24.5. The Balaban J connectivity index is 2.14. The molecule has 0 N–H and O–H groups in total. The lowest BCUT2D eigenvalue weighted by Crippen LogP contribution is -2.35. The number of carbonyl (C=O) groups is 2. The Morgan fingerprint density at radius 1 is 1.21 bits per heavy atom. The second kappa shape index (κ2) is 6.36. The number of benzene rings is 1. The average Bonchev–Trinajstić information content (AvgIpc) is 2.49. The van der Waals surface area contributed by atoms with E-state index in [0.717, 1.165) is 24.9 Å². The molecule has 2 rings (SSSR count). The SMILES string of the molecule is COC(=O)c1ccc(N(C=O)C2CCCCC2)cc1. The number of rotatable bonds is 4. The molecule has 1 aromatic rings. The van der Waals surface area contributed by atoms with Crippen LogP contribution in [-0.2, 0) is 9.53 Å². The van der Waals surface area contributed by atoms with Crippen LogP contribution < -0.4 is 4.90 Å². The Labute approximate surface area is 113 Å². The van der Waals surface area contributed by atoms with Gasteiger partial charge in [-0.05, 0) is 37.1 Å². The summed E-state index contributed by atoms with van der Waals surface area (Å²) in [6, 6.07) is 7.28. The smallest absolute Gasteiger partial charge is 0.337 e. The van der Waals surface area contributed by atoms with Crippen molar-refractivity contribution >= 4 is 18.1 Å². The normalized spacial score (nSPS) is 15.8. The van der Waals surface area contributed by atoms with Crippen LogP contribution in [0.3, 0.4) is 0 Å². The molecule has 1 saturated carbocycles. The molecule has 0 saturated heterocycles. The molecule has 19 heavy (non-hydrogen) atoms. The molecule has 0 atom stereocenters. The van der Waals surface area contributed by atoms with Crippen molar-refractivity contribution in [3.05, 3.63) is 29.8 Å². The highest BCUT2D eigenvalue weighted by atomic mass is 16.5. The third kappa shape index (κ3) is 3.13. The van der Waals surface area contributed by atoms with Gasteiger partial charge in [0.2, 0.25) is 6.41 Å². The topological polar surface area (TPSA) is 46.6 Å².